The zero-order valence-electron chi connectivity index (χ0n) is 12.9. The number of phenols is 1. The number of aromatic hydroxyl groups is 1. The Balaban J connectivity index is 2.02. The van der Waals surface area contributed by atoms with Gasteiger partial charge in [0, 0.05) is 5.56 Å². The summed E-state index contributed by atoms with van der Waals surface area (Å²) < 4.78 is 10.4. The quantitative estimate of drug-likeness (QED) is 0.625. The molecule has 2 aromatic rings. The Bertz CT molecular complexity index is 779. The number of nitrogens with one attached hydrogen (secondary N) is 1. The lowest BCUT2D eigenvalue weighted by Crippen LogP contribution is -2.17. The van der Waals surface area contributed by atoms with Crippen molar-refractivity contribution in [3.05, 3.63) is 53.6 Å². The van der Waals surface area contributed by atoms with E-state index in [4.69, 9.17) is 14.7 Å². The van der Waals surface area contributed by atoms with Gasteiger partial charge >= 0.3 is 0 Å². The summed E-state index contributed by atoms with van der Waals surface area (Å²) >= 11 is 0. The largest absolute Gasteiger partial charge is 0.508 e. The van der Waals surface area contributed by atoms with Crippen molar-refractivity contribution in [2.75, 3.05) is 13.7 Å². The molecule has 0 aliphatic rings. The third kappa shape index (κ3) is 4.48. The predicted octanol–water partition coefficient (Wildman–Crippen LogP) is 2.07. The SMILES string of the molecule is COc1cc(/C=N/NC(=O)c2ccc(O)cc2)ccc1OCC#N. The molecule has 7 heteroatoms. The average molecular weight is 325 g/mol. The highest BCUT2D eigenvalue weighted by Crippen LogP contribution is 2.27. The van der Waals surface area contributed by atoms with E-state index in [1.807, 2.05) is 6.07 Å². The normalized spacial score (nSPS) is 10.2. The second kappa shape index (κ2) is 8.19. The molecule has 0 radical (unpaired) electrons. The minimum Gasteiger partial charge on any atom is -0.508 e. The Morgan fingerprint density at radius 3 is 2.71 bits per heavy atom. The molecule has 0 heterocycles. The molecule has 0 aromatic heterocycles. The summed E-state index contributed by atoms with van der Waals surface area (Å²) in [5, 5.41) is 21.6. The minimum absolute atomic E-state index is 0.0769. The molecule has 0 atom stereocenters. The van der Waals surface area contributed by atoms with E-state index in [9.17, 15) is 9.90 Å². The fourth-order valence-electron chi connectivity index (χ4n) is 1.84. The van der Waals surface area contributed by atoms with E-state index in [1.54, 1.807) is 18.2 Å². The van der Waals surface area contributed by atoms with Crippen molar-refractivity contribution in [3.63, 3.8) is 0 Å². The molecule has 0 saturated carbocycles. The van der Waals surface area contributed by atoms with Crippen molar-refractivity contribution in [2.45, 2.75) is 0 Å². The fraction of sp³-hybridized carbons (Fsp3) is 0.118. The van der Waals surface area contributed by atoms with Crippen LogP contribution in [0.25, 0.3) is 0 Å². The molecule has 24 heavy (non-hydrogen) atoms. The molecule has 0 saturated heterocycles. The van der Waals surface area contributed by atoms with Gasteiger partial charge < -0.3 is 14.6 Å². The maximum Gasteiger partial charge on any atom is 0.271 e. The summed E-state index contributed by atoms with van der Waals surface area (Å²) in [6.45, 7) is -0.0769. The van der Waals surface area contributed by atoms with Crippen molar-refractivity contribution >= 4 is 12.1 Å². The van der Waals surface area contributed by atoms with Crippen LogP contribution in [-0.4, -0.2) is 30.9 Å². The molecule has 2 aromatic carbocycles. The molecule has 1 amide bonds. The van der Waals surface area contributed by atoms with Crippen molar-refractivity contribution in [3.8, 4) is 23.3 Å². The maximum atomic E-state index is 11.9. The van der Waals surface area contributed by atoms with Gasteiger partial charge in [-0.3, -0.25) is 4.79 Å². The van der Waals surface area contributed by atoms with E-state index < -0.39 is 5.91 Å². The zero-order chi connectivity index (χ0) is 17.4. The number of rotatable bonds is 6. The van der Waals surface area contributed by atoms with E-state index in [-0.39, 0.29) is 12.4 Å². The fourth-order valence-corrected chi connectivity index (χ4v) is 1.84. The van der Waals surface area contributed by atoms with E-state index in [0.717, 1.165) is 0 Å². The van der Waals surface area contributed by atoms with Crippen LogP contribution in [-0.2, 0) is 0 Å². The monoisotopic (exact) mass is 325 g/mol. The molecule has 2 N–H and O–H groups in total. The second-order valence-electron chi connectivity index (χ2n) is 4.60. The number of hydrogen-bond acceptors (Lipinski definition) is 6. The first-order chi connectivity index (χ1) is 11.6. The van der Waals surface area contributed by atoms with Gasteiger partial charge in [-0.15, -0.1) is 0 Å². The number of hydrogen-bond donors (Lipinski definition) is 2. The van der Waals surface area contributed by atoms with Crippen LogP contribution in [0, 0.1) is 11.3 Å². The Labute approximate surface area is 138 Å². The number of amides is 1. The van der Waals surface area contributed by atoms with Crippen LogP contribution < -0.4 is 14.9 Å². The highest BCUT2D eigenvalue weighted by molar-refractivity contribution is 5.95. The Morgan fingerprint density at radius 2 is 2.04 bits per heavy atom. The lowest BCUT2D eigenvalue weighted by atomic mass is 10.2. The maximum absolute atomic E-state index is 11.9. The van der Waals surface area contributed by atoms with Crippen LogP contribution in [0.4, 0.5) is 0 Å². The lowest BCUT2D eigenvalue weighted by molar-refractivity contribution is 0.0955. The van der Waals surface area contributed by atoms with Crippen LogP contribution in [0.3, 0.4) is 0 Å². The number of carbonyl (C=O) groups excluding carboxylic acids is 1. The highest BCUT2D eigenvalue weighted by Gasteiger charge is 2.06. The summed E-state index contributed by atoms with van der Waals surface area (Å²) in [5.74, 6) is 0.594. The third-order valence-corrected chi connectivity index (χ3v) is 2.99. The first-order valence-corrected chi connectivity index (χ1v) is 6.94. The topological polar surface area (TPSA) is 104 Å². The molecule has 0 bridgehead atoms. The first-order valence-electron chi connectivity index (χ1n) is 6.94. The van der Waals surface area contributed by atoms with Crippen LogP contribution in [0.1, 0.15) is 15.9 Å². The molecule has 0 aliphatic heterocycles. The standard InChI is InChI=1S/C17H15N3O4/c1-23-16-10-12(2-7-15(16)24-9-8-18)11-19-20-17(22)13-3-5-14(21)6-4-13/h2-7,10-11,21H,9H2,1H3,(H,20,22)/b19-11+. The van der Waals surface area contributed by atoms with Crippen molar-refractivity contribution in [1.82, 2.24) is 5.43 Å². The van der Waals surface area contributed by atoms with Gasteiger partial charge in [-0.05, 0) is 48.0 Å². The Hall–Kier alpha value is -3.53. The summed E-state index contributed by atoms with van der Waals surface area (Å²) in [7, 11) is 1.49. The van der Waals surface area contributed by atoms with Gasteiger partial charge in [-0.1, -0.05) is 0 Å². The number of hydrazone groups is 1. The second-order valence-corrected chi connectivity index (χ2v) is 4.60. The number of ether oxygens (including phenoxy) is 2. The van der Waals surface area contributed by atoms with Crippen LogP contribution in [0.2, 0.25) is 0 Å². The van der Waals surface area contributed by atoms with Crippen LogP contribution in [0.5, 0.6) is 17.2 Å². The Kier molecular flexibility index (Phi) is 5.75. The molecule has 2 rings (SSSR count). The van der Waals surface area contributed by atoms with Gasteiger partial charge in [0.2, 0.25) is 0 Å². The van der Waals surface area contributed by atoms with Gasteiger partial charge in [-0.2, -0.15) is 10.4 Å². The molecular weight excluding hydrogens is 310 g/mol. The molecule has 0 spiro atoms. The van der Waals surface area contributed by atoms with Crippen molar-refractivity contribution < 1.29 is 19.4 Å². The highest BCUT2D eigenvalue weighted by atomic mass is 16.5. The molecule has 0 unspecified atom stereocenters. The number of nitrogens with zero attached hydrogens (tertiary/aromatic N) is 2. The molecule has 0 fully saturated rings. The number of phenolic OH excluding ortho intramolecular Hbond substituents is 1. The summed E-state index contributed by atoms with van der Waals surface area (Å²) in [6.07, 6.45) is 1.45. The molecule has 0 aliphatic carbocycles. The lowest BCUT2D eigenvalue weighted by Gasteiger charge is -2.08. The summed E-state index contributed by atoms with van der Waals surface area (Å²) in [4.78, 5) is 11.9. The average Bonchev–Trinajstić information content (AvgIpc) is 2.60. The number of nitriles is 1. The van der Waals surface area contributed by atoms with Crippen LogP contribution in [0.15, 0.2) is 47.6 Å². The first kappa shape index (κ1) is 16.8. The van der Waals surface area contributed by atoms with E-state index >= 15 is 0 Å². The van der Waals surface area contributed by atoms with Gasteiger partial charge in [0.15, 0.2) is 18.1 Å². The minimum atomic E-state index is -0.396. The number of benzene rings is 2. The molecule has 7 nitrogen and oxygen atoms in total. The van der Waals surface area contributed by atoms with E-state index in [2.05, 4.69) is 10.5 Å². The third-order valence-electron chi connectivity index (χ3n) is 2.99. The zero-order valence-corrected chi connectivity index (χ0v) is 12.9. The molecular formula is C17H15N3O4. The summed E-state index contributed by atoms with van der Waals surface area (Å²) in [6, 6.07) is 12.7. The van der Waals surface area contributed by atoms with E-state index in [1.165, 1.54) is 37.6 Å². The van der Waals surface area contributed by atoms with Gasteiger partial charge in [0.1, 0.15) is 11.8 Å². The summed E-state index contributed by atoms with van der Waals surface area (Å²) in [5.41, 5.74) is 3.45. The van der Waals surface area contributed by atoms with E-state index in [0.29, 0.717) is 22.6 Å². The Morgan fingerprint density at radius 1 is 1.29 bits per heavy atom. The number of methoxy groups -OCH3 is 1. The predicted molar refractivity (Wildman–Crippen MR) is 87.3 cm³/mol. The van der Waals surface area contributed by atoms with Crippen molar-refractivity contribution in [1.29, 1.82) is 5.26 Å². The molecule has 122 valence electrons. The van der Waals surface area contributed by atoms with Crippen molar-refractivity contribution in [2.24, 2.45) is 5.10 Å². The number of carbonyl (C=O) groups is 1. The van der Waals surface area contributed by atoms with Gasteiger partial charge in [0.05, 0.1) is 13.3 Å². The van der Waals surface area contributed by atoms with Gasteiger partial charge in [-0.25, -0.2) is 5.43 Å². The van der Waals surface area contributed by atoms with Gasteiger partial charge in [0.25, 0.3) is 5.91 Å². The van der Waals surface area contributed by atoms with Crippen LogP contribution >= 0.6 is 0 Å². The smallest absolute Gasteiger partial charge is 0.271 e.